The van der Waals surface area contributed by atoms with Crippen LogP contribution in [-0.2, 0) is 0 Å². The summed E-state index contributed by atoms with van der Waals surface area (Å²) in [5.41, 5.74) is 1.92. The average Bonchev–Trinajstić information content (AvgIpc) is 2.75. The molecule has 1 saturated carbocycles. The molecule has 4 heteroatoms. The van der Waals surface area contributed by atoms with Crippen LogP contribution in [0.5, 0.6) is 0 Å². The number of anilines is 1. The van der Waals surface area contributed by atoms with Gasteiger partial charge in [0.2, 0.25) is 0 Å². The molecule has 1 amide bonds. The maximum absolute atomic E-state index is 12.4. The summed E-state index contributed by atoms with van der Waals surface area (Å²) >= 11 is 0. The highest BCUT2D eigenvalue weighted by Crippen LogP contribution is 2.36. The third kappa shape index (κ3) is 4.45. The lowest BCUT2D eigenvalue weighted by Crippen LogP contribution is -2.33. The van der Waals surface area contributed by atoms with E-state index in [9.17, 15) is 4.79 Å². The lowest BCUT2D eigenvalue weighted by Gasteiger charge is -2.18. The molecule has 1 aromatic heterocycles. The third-order valence-corrected chi connectivity index (χ3v) is 4.08. The summed E-state index contributed by atoms with van der Waals surface area (Å²) in [5.74, 6) is 0.802. The molecular weight excluding hydrogens is 262 g/mol. The van der Waals surface area contributed by atoms with Gasteiger partial charge in [0.25, 0.3) is 5.91 Å². The lowest BCUT2D eigenvalue weighted by molar-refractivity contribution is 0.0936. The average molecular weight is 289 g/mol. The van der Waals surface area contributed by atoms with Gasteiger partial charge in [0, 0.05) is 23.8 Å². The predicted molar refractivity (Wildman–Crippen MR) is 86.6 cm³/mol. The fraction of sp³-hybridized carbons (Fsp3) is 0.647. The standard InChI is InChI=1S/C17H27N3O/c1-5-8-18-15-10-13(9-12(2)19-15)16(21)20-14-6-7-17(3,4)11-14/h9-10,14H,5-8,11H2,1-4H3,(H,18,19)(H,20,21). The van der Waals surface area contributed by atoms with Gasteiger partial charge in [-0.05, 0) is 50.2 Å². The van der Waals surface area contributed by atoms with Crippen LogP contribution in [-0.4, -0.2) is 23.5 Å². The molecule has 21 heavy (non-hydrogen) atoms. The van der Waals surface area contributed by atoms with Gasteiger partial charge in [0.1, 0.15) is 5.82 Å². The van der Waals surface area contributed by atoms with E-state index in [-0.39, 0.29) is 5.91 Å². The number of carbonyl (C=O) groups excluding carboxylic acids is 1. The van der Waals surface area contributed by atoms with Gasteiger partial charge in [-0.15, -0.1) is 0 Å². The molecule has 2 rings (SSSR count). The van der Waals surface area contributed by atoms with Gasteiger partial charge in [-0.1, -0.05) is 20.8 Å². The Hall–Kier alpha value is -1.58. The summed E-state index contributed by atoms with van der Waals surface area (Å²) in [5, 5.41) is 6.41. The van der Waals surface area contributed by atoms with Gasteiger partial charge in [0.15, 0.2) is 0 Å². The Kier molecular flexibility index (Phi) is 4.86. The van der Waals surface area contributed by atoms with E-state index in [2.05, 4.69) is 36.4 Å². The van der Waals surface area contributed by atoms with Gasteiger partial charge in [0.05, 0.1) is 0 Å². The van der Waals surface area contributed by atoms with Gasteiger partial charge in [-0.3, -0.25) is 4.79 Å². The van der Waals surface area contributed by atoms with Crippen molar-refractivity contribution in [3.63, 3.8) is 0 Å². The molecule has 0 bridgehead atoms. The Morgan fingerprint density at radius 2 is 2.19 bits per heavy atom. The first-order chi connectivity index (χ1) is 9.89. The first kappa shape index (κ1) is 15.8. The van der Waals surface area contributed by atoms with Crippen molar-refractivity contribution in [2.45, 2.75) is 59.4 Å². The molecule has 1 heterocycles. The van der Waals surface area contributed by atoms with E-state index in [1.807, 2.05) is 19.1 Å². The summed E-state index contributed by atoms with van der Waals surface area (Å²) in [6.45, 7) is 9.43. The lowest BCUT2D eigenvalue weighted by atomic mass is 9.92. The summed E-state index contributed by atoms with van der Waals surface area (Å²) in [6, 6.07) is 4.00. The van der Waals surface area contributed by atoms with Gasteiger partial charge in [-0.25, -0.2) is 4.98 Å². The molecule has 0 aromatic carbocycles. The number of hydrogen-bond donors (Lipinski definition) is 2. The van der Waals surface area contributed by atoms with Crippen molar-refractivity contribution in [3.8, 4) is 0 Å². The second-order valence-corrected chi connectivity index (χ2v) is 6.89. The molecule has 1 aliphatic carbocycles. The van der Waals surface area contributed by atoms with E-state index in [1.54, 1.807) is 0 Å². The normalized spacial score (nSPS) is 20.3. The molecule has 4 nitrogen and oxygen atoms in total. The van der Waals surface area contributed by atoms with Crippen LogP contribution in [0.4, 0.5) is 5.82 Å². The van der Waals surface area contributed by atoms with Gasteiger partial charge in [-0.2, -0.15) is 0 Å². The molecule has 1 atom stereocenters. The molecule has 0 radical (unpaired) electrons. The molecule has 116 valence electrons. The number of nitrogens with one attached hydrogen (secondary N) is 2. The zero-order valence-electron chi connectivity index (χ0n) is 13.6. The quantitative estimate of drug-likeness (QED) is 0.872. The number of nitrogens with zero attached hydrogens (tertiary/aromatic N) is 1. The number of hydrogen-bond acceptors (Lipinski definition) is 3. The molecule has 0 saturated heterocycles. The maximum atomic E-state index is 12.4. The molecule has 1 unspecified atom stereocenters. The number of amides is 1. The van der Waals surface area contributed by atoms with Gasteiger partial charge < -0.3 is 10.6 Å². The summed E-state index contributed by atoms with van der Waals surface area (Å²) in [7, 11) is 0. The Morgan fingerprint density at radius 1 is 1.43 bits per heavy atom. The van der Waals surface area contributed by atoms with Crippen molar-refractivity contribution in [1.29, 1.82) is 0 Å². The minimum atomic E-state index is 0.0164. The Labute approximate surface area is 127 Å². The molecule has 0 spiro atoms. The van der Waals surface area contributed by atoms with E-state index in [1.165, 1.54) is 6.42 Å². The fourth-order valence-corrected chi connectivity index (χ4v) is 2.97. The maximum Gasteiger partial charge on any atom is 0.251 e. The van der Waals surface area contributed by atoms with E-state index >= 15 is 0 Å². The molecule has 2 N–H and O–H groups in total. The van der Waals surface area contributed by atoms with Crippen LogP contribution in [0.3, 0.4) is 0 Å². The number of carbonyl (C=O) groups is 1. The second-order valence-electron chi connectivity index (χ2n) is 6.89. The van der Waals surface area contributed by atoms with Crippen LogP contribution in [0, 0.1) is 12.3 Å². The Morgan fingerprint density at radius 3 is 2.81 bits per heavy atom. The largest absolute Gasteiger partial charge is 0.370 e. The number of aryl methyl sites for hydroxylation is 1. The molecule has 0 aliphatic heterocycles. The number of pyridine rings is 1. The number of aromatic nitrogens is 1. The van der Waals surface area contributed by atoms with Crippen molar-refractivity contribution < 1.29 is 4.79 Å². The van der Waals surface area contributed by atoms with Crippen LogP contribution in [0.25, 0.3) is 0 Å². The Bertz CT molecular complexity index is 511. The molecule has 1 aromatic rings. The van der Waals surface area contributed by atoms with Crippen LogP contribution >= 0.6 is 0 Å². The minimum Gasteiger partial charge on any atom is -0.370 e. The molecule has 1 fully saturated rings. The van der Waals surface area contributed by atoms with Crippen LogP contribution in [0.15, 0.2) is 12.1 Å². The fourth-order valence-electron chi connectivity index (χ4n) is 2.97. The SMILES string of the molecule is CCCNc1cc(C(=O)NC2CCC(C)(C)C2)cc(C)n1. The third-order valence-electron chi connectivity index (χ3n) is 4.08. The highest BCUT2D eigenvalue weighted by atomic mass is 16.1. The predicted octanol–water partition coefficient (Wildman–Crippen LogP) is 3.52. The summed E-state index contributed by atoms with van der Waals surface area (Å²) in [4.78, 5) is 16.8. The van der Waals surface area contributed by atoms with E-state index < -0.39 is 0 Å². The van der Waals surface area contributed by atoms with E-state index in [0.717, 1.165) is 37.3 Å². The van der Waals surface area contributed by atoms with Crippen molar-refractivity contribution in [2.75, 3.05) is 11.9 Å². The van der Waals surface area contributed by atoms with Crippen molar-refractivity contribution in [3.05, 3.63) is 23.4 Å². The van der Waals surface area contributed by atoms with Crippen LogP contribution < -0.4 is 10.6 Å². The first-order valence-electron chi connectivity index (χ1n) is 7.93. The molecule has 1 aliphatic rings. The van der Waals surface area contributed by atoms with Crippen molar-refractivity contribution in [1.82, 2.24) is 10.3 Å². The van der Waals surface area contributed by atoms with E-state index in [4.69, 9.17) is 0 Å². The number of rotatable bonds is 5. The van der Waals surface area contributed by atoms with E-state index in [0.29, 0.717) is 17.0 Å². The Balaban J connectivity index is 2.03. The van der Waals surface area contributed by atoms with Crippen molar-refractivity contribution in [2.24, 2.45) is 5.41 Å². The highest BCUT2D eigenvalue weighted by Gasteiger charge is 2.31. The monoisotopic (exact) mass is 289 g/mol. The van der Waals surface area contributed by atoms with Crippen molar-refractivity contribution >= 4 is 11.7 Å². The second kappa shape index (κ2) is 6.46. The van der Waals surface area contributed by atoms with Crippen LogP contribution in [0.2, 0.25) is 0 Å². The smallest absolute Gasteiger partial charge is 0.251 e. The zero-order chi connectivity index (χ0) is 15.5. The summed E-state index contributed by atoms with van der Waals surface area (Å²) in [6.07, 6.45) is 4.35. The summed E-state index contributed by atoms with van der Waals surface area (Å²) < 4.78 is 0. The molecular formula is C17H27N3O. The van der Waals surface area contributed by atoms with Gasteiger partial charge >= 0.3 is 0 Å². The first-order valence-corrected chi connectivity index (χ1v) is 7.93. The topological polar surface area (TPSA) is 54.0 Å². The van der Waals surface area contributed by atoms with Crippen LogP contribution in [0.1, 0.15) is 62.5 Å². The zero-order valence-corrected chi connectivity index (χ0v) is 13.6. The minimum absolute atomic E-state index is 0.0164. The highest BCUT2D eigenvalue weighted by molar-refractivity contribution is 5.95.